The number of hydrogen-bond acceptors (Lipinski definition) is 2. The van der Waals surface area contributed by atoms with Crippen LogP contribution in [0.3, 0.4) is 0 Å². The molecule has 0 amide bonds. The first kappa shape index (κ1) is 16.6. The lowest BCUT2D eigenvalue weighted by molar-refractivity contribution is 0.535. The van der Waals surface area contributed by atoms with E-state index in [9.17, 15) is 4.39 Å². The minimum atomic E-state index is -0.237. The van der Waals surface area contributed by atoms with Crippen molar-refractivity contribution in [3.05, 3.63) is 49.9 Å². The van der Waals surface area contributed by atoms with Crippen molar-refractivity contribution in [2.75, 3.05) is 7.05 Å². The van der Waals surface area contributed by atoms with Crippen LogP contribution >= 0.6 is 31.9 Å². The summed E-state index contributed by atoms with van der Waals surface area (Å²) in [5.41, 5.74) is 3.01. The van der Waals surface area contributed by atoms with Crippen molar-refractivity contribution in [2.45, 2.75) is 32.9 Å². The highest BCUT2D eigenvalue weighted by Crippen LogP contribution is 2.28. The Morgan fingerprint density at radius 1 is 1.33 bits per heavy atom. The molecule has 114 valence electrons. The fourth-order valence-electron chi connectivity index (χ4n) is 2.42. The number of aryl methyl sites for hydroxylation is 2. The van der Waals surface area contributed by atoms with Gasteiger partial charge in [0.2, 0.25) is 0 Å². The SMILES string of the molecule is CCn1nc(C)c(Br)c1CC(NC)c1cc(F)cc(Br)c1. The van der Waals surface area contributed by atoms with Crippen molar-refractivity contribution in [1.82, 2.24) is 15.1 Å². The molecule has 0 aliphatic carbocycles. The molecule has 6 heteroatoms. The highest BCUT2D eigenvalue weighted by atomic mass is 79.9. The van der Waals surface area contributed by atoms with Crippen LogP contribution in [0.25, 0.3) is 0 Å². The van der Waals surface area contributed by atoms with E-state index in [-0.39, 0.29) is 11.9 Å². The van der Waals surface area contributed by atoms with Crippen LogP contribution in [0.2, 0.25) is 0 Å². The molecular formula is C15H18Br2FN3. The Bertz CT molecular complexity index is 620. The number of benzene rings is 1. The maximum Gasteiger partial charge on any atom is 0.124 e. The summed E-state index contributed by atoms with van der Waals surface area (Å²) in [7, 11) is 1.89. The fraction of sp³-hybridized carbons (Fsp3) is 0.400. The lowest BCUT2D eigenvalue weighted by Gasteiger charge is -2.18. The number of nitrogens with one attached hydrogen (secondary N) is 1. The average molecular weight is 419 g/mol. The zero-order valence-electron chi connectivity index (χ0n) is 12.3. The van der Waals surface area contributed by atoms with E-state index in [1.165, 1.54) is 6.07 Å². The van der Waals surface area contributed by atoms with Crippen molar-refractivity contribution in [1.29, 1.82) is 0 Å². The van der Waals surface area contributed by atoms with Crippen LogP contribution in [-0.2, 0) is 13.0 Å². The van der Waals surface area contributed by atoms with E-state index in [0.717, 1.165) is 38.9 Å². The van der Waals surface area contributed by atoms with E-state index >= 15 is 0 Å². The van der Waals surface area contributed by atoms with Crippen LogP contribution in [0.4, 0.5) is 4.39 Å². The molecule has 2 rings (SSSR count). The van der Waals surface area contributed by atoms with Gasteiger partial charge in [0.1, 0.15) is 5.82 Å². The first-order valence-corrected chi connectivity index (χ1v) is 8.39. The summed E-state index contributed by atoms with van der Waals surface area (Å²) in [6.45, 7) is 4.85. The summed E-state index contributed by atoms with van der Waals surface area (Å²) in [6, 6.07) is 5.00. The van der Waals surface area contributed by atoms with Crippen LogP contribution < -0.4 is 5.32 Å². The molecule has 1 unspecified atom stereocenters. The van der Waals surface area contributed by atoms with Gasteiger partial charge in [-0.15, -0.1) is 0 Å². The molecule has 0 saturated heterocycles. The zero-order valence-corrected chi connectivity index (χ0v) is 15.4. The van der Waals surface area contributed by atoms with Gasteiger partial charge in [0.25, 0.3) is 0 Å². The van der Waals surface area contributed by atoms with Gasteiger partial charge < -0.3 is 5.32 Å². The van der Waals surface area contributed by atoms with Gasteiger partial charge in [0.15, 0.2) is 0 Å². The van der Waals surface area contributed by atoms with Crippen molar-refractivity contribution < 1.29 is 4.39 Å². The van der Waals surface area contributed by atoms with Gasteiger partial charge in [-0.25, -0.2) is 4.39 Å². The summed E-state index contributed by atoms with van der Waals surface area (Å²) in [6.07, 6.45) is 0.738. The molecule has 1 atom stereocenters. The van der Waals surface area contributed by atoms with Crippen LogP contribution in [0.15, 0.2) is 27.1 Å². The van der Waals surface area contributed by atoms with Crippen molar-refractivity contribution in [3.8, 4) is 0 Å². The van der Waals surface area contributed by atoms with E-state index in [1.54, 1.807) is 6.07 Å². The van der Waals surface area contributed by atoms with Gasteiger partial charge in [-0.2, -0.15) is 5.10 Å². The Morgan fingerprint density at radius 2 is 2.05 bits per heavy atom. The second kappa shape index (κ2) is 7.03. The zero-order chi connectivity index (χ0) is 15.6. The summed E-state index contributed by atoms with van der Waals surface area (Å²) >= 11 is 6.95. The predicted molar refractivity (Wildman–Crippen MR) is 89.9 cm³/mol. The lowest BCUT2D eigenvalue weighted by atomic mass is 10.0. The maximum absolute atomic E-state index is 13.6. The molecule has 1 heterocycles. The summed E-state index contributed by atoms with van der Waals surface area (Å²) < 4.78 is 17.4. The molecule has 0 aliphatic rings. The standard InChI is InChI=1S/C15H18Br2FN3/c1-4-21-14(15(17)9(2)20-21)8-13(19-3)10-5-11(16)7-12(18)6-10/h5-7,13,19H,4,8H2,1-3H3. The number of halogens is 3. The van der Waals surface area contributed by atoms with Gasteiger partial charge in [-0.05, 0) is 60.6 Å². The Hall–Kier alpha value is -0.720. The largest absolute Gasteiger partial charge is 0.313 e. The normalized spacial score (nSPS) is 12.7. The highest BCUT2D eigenvalue weighted by molar-refractivity contribution is 9.10. The molecule has 1 aromatic carbocycles. The van der Waals surface area contributed by atoms with Gasteiger partial charge in [0, 0.05) is 23.5 Å². The third-order valence-corrected chi connectivity index (χ3v) is 4.98. The number of rotatable bonds is 5. The number of nitrogens with zero attached hydrogens (tertiary/aromatic N) is 2. The van der Waals surface area contributed by atoms with Gasteiger partial charge in [-0.1, -0.05) is 15.9 Å². The topological polar surface area (TPSA) is 29.9 Å². The molecule has 2 aromatic rings. The molecular weight excluding hydrogens is 401 g/mol. The molecule has 0 radical (unpaired) electrons. The van der Waals surface area contributed by atoms with Crippen molar-refractivity contribution in [2.24, 2.45) is 0 Å². The molecule has 1 N–H and O–H groups in total. The van der Waals surface area contributed by atoms with E-state index in [1.807, 2.05) is 24.7 Å². The van der Waals surface area contributed by atoms with Gasteiger partial charge in [-0.3, -0.25) is 4.68 Å². The van der Waals surface area contributed by atoms with E-state index in [4.69, 9.17) is 0 Å². The lowest BCUT2D eigenvalue weighted by Crippen LogP contribution is -2.21. The van der Waals surface area contributed by atoms with Crippen LogP contribution in [0.1, 0.15) is 29.9 Å². The summed E-state index contributed by atoms with van der Waals surface area (Å²) in [5, 5.41) is 7.76. The Balaban J connectivity index is 2.35. The molecule has 0 spiro atoms. The fourth-order valence-corrected chi connectivity index (χ4v) is 3.35. The smallest absolute Gasteiger partial charge is 0.124 e. The van der Waals surface area contributed by atoms with Crippen LogP contribution in [0, 0.1) is 12.7 Å². The molecule has 0 aliphatic heterocycles. The summed E-state index contributed by atoms with van der Waals surface area (Å²) in [5.74, 6) is -0.237. The van der Waals surface area contributed by atoms with Gasteiger partial charge >= 0.3 is 0 Å². The monoisotopic (exact) mass is 417 g/mol. The third kappa shape index (κ3) is 3.73. The first-order valence-electron chi connectivity index (χ1n) is 6.81. The molecule has 0 fully saturated rings. The van der Waals surface area contributed by atoms with Crippen molar-refractivity contribution in [3.63, 3.8) is 0 Å². The predicted octanol–water partition coefficient (Wildman–Crippen LogP) is 4.38. The van der Waals surface area contributed by atoms with E-state index < -0.39 is 0 Å². The molecule has 1 aromatic heterocycles. The second-order valence-electron chi connectivity index (χ2n) is 4.91. The van der Waals surface area contributed by atoms with Crippen molar-refractivity contribution >= 4 is 31.9 Å². The number of aromatic nitrogens is 2. The molecule has 3 nitrogen and oxygen atoms in total. The van der Waals surface area contributed by atoms with Gasteiger partial charge in [0.05, 0.1) is 15.9 Å². The maximum atomic E-state index is 13.6. The minimum Gasteiger partial charge on any atom is -0.313 e. The quantitative estimate of drug-likeness (QED) is 0.780. The van der Waals surface area contributed by atoms with E-state index in [0.29, 0.717) is 0 Å². The minimum absolute atomic E-state index is 0.0229. The highest BCUT2D eigenvalue weighted by Gasteiger charge is 2.18. The average Bonchev–Trinajstić information content (AvgIpc) is 2.70. The van der Waals surface area contributed by atoms with Crippen LogP contribution in [-0.4, -0.2) is 16.8 Å². The Kier molecular flexibility index (Phi) is 5.57. The third-order valence-electron chi connectivity index (χ3n) is 3.49. The van der Waals surface area contributed by atoms with E-state index in [2.05, 4.69) is 49.2 Å². The first-order chi connectivity index (χ1) is 9.96. The number of likely N-dealkylation sites (N-methyl/N-ethyl adjacent to an activating group) is 1. The second-order valence-corrected chi connectivity index (χ2v) is 6.62. The summed E-state index contributed by atoms with van der Waals surface area (Å²) in [4.78, 5) is 0. The Labute approximate surface area is 141 Å². The molecule has 21 heavy (non-hydrogen) atoms. The Morgan fingerprint density at radius 3 is 2.62 bits per heavy atom. The number of hydrogen-bond donors (Lipinski definition) is 1. The van der Waals surface area contributed by atoms with Crippen LogP contribution in [0.5, 0.6) is 0 Å². The molecule has 0 saturated carbocycles. The molecule has 0 bridgehead atoms.